The molecule has 19 heavy (non-hydrogen) atoms. The predicted octanol–water partition coefficient (Wildman–Crippen LogP) is 0.473. The monoisotopic (exact) mass is 269 g/mol. The van der Waals surface area contributed by atoms with E-state index in [0.29, 0.717) is 0 Å². The first-order valence-electron chi connectivity index (χ1n) is 5.14. The van der Waals surface area contributed by atoms with Gasteiger partial charge in [0.1, 0.15) is 12.4 Å². The lowest BCUT2D eigenvalue weighted by atomic mass is 10.2. The van der Waals surface area contributed by atoms with Crippen LogP contribution in [0.15, 0.2) is 18.2 Å². The molecular weight excluding hydrogens is 257 g/mol. The largest absolute Gasteiger partial charge is 0.478 e. The Labute approximate surface area is 107 Å². The lowest BCUT2D eigenvalue weighted by Gasteiger charge is -2.17. The first kappa shape index (κ1) is 14.4. The third-order valence-corrected chi connectivity index (χ3v) is 2.19. The van der Waals surface area contributed by atoms with Gasteiger partial charge >= 0.3 is 12.0 Å². The predicted molar refractivity (Wildman–Crippen MR) is 64.2 cm³/mol. The lowest BCUT2D eigenvalue weighted by molar-refractivity contribution is -0.118. The number of anilines is 1. The van der Waals surface area contributed by atoms with Gasteiger partial charge in [-0.1, -0.05) is 0 Å². The van der Waals surface area contributed by atoms with Gasteiger partial charge in [0, 0.05) is 7.05 Å². The van der Waals surface area contributed by atoms with Crippen molar-refractivity contribution in [3.8, 4) is 0 Å². The van der Waals surface area contributed by atoms with Crippen LogP contribution >= 0.6 is 0 Å². The van der Waals surface area contributed by atoms with Gasteiger partial charge in [-0.3, -0.25) is 4.79 Å². The molecule has 0 atom stereocenters. The molecule has 0 aliphatic carbocycles. The van der Waals surface area contributed by atoms with Gasteiger partial charge in [-0.15, -0.1) is 0 Å². The van der Waals surface area contributed by atoms with Crippen molar-refractivity contribution in [3.63, 3.8) is 0 Å². The van der Waals surface area contributed by atoms with Crippen molar-refractivity contribution in [2.75, 3.05) is 18.9 Å². The van der Waals surface area contributed by atoms with Crippen LogP contribution in [0.25, 0.3) is 0 Å². The van der Waals surface area contributed by atoms with Crippen molar-refractivity contribution < 1.29 is 23.9 Å². The van der Waals surface area contributed by atoms with Crippen LogP contribution < -0.4 is 11.1 Å². The van der Waals surface area contributed by atoms with E-state index in [1.54, 1.807) is 0 Å². The SMILES string of the molecule is CN(CC(N)=O)C(=O)Nc1cc(F)ccc1C(=O)O. The summed E-state index contributed by atoms with van der Waals surface area (Å²) >= 11 is 0. The number of carboxylic acid groups (broad SMARTS) is 1. The molecule has 1 aromatic carbocycles. The summed E-state index contributed by atoms with van der Waals surface area (Å²) in [5.74, 6) is -2.74. The fourth-order valence-corrected chi connectivity index (χ4v) is 1.32. The summed E-state index contributed by atoms with van der Waals surface area (Å²) < 4.78 is 13.0. The summed E-state index contributed by atoms with van der Waals surface area (Å²) in [5.41, 5.74) is 4.45. The van der Waals surface area contributed by atoms with Crippen molar-refractivity contribution in [1.82, 2.24) is 4.90 Å². The molecule has 3 amide bonds. The summed E-state index contributed by atoms with van der Waals surface area (Å²) in [6, 6.07) is 2.10. The van der Waals surface area contributed by atoms with E-state index >= 15 is 0 Å². The highest BCUT2D eigenvalue weighted by atomic mass is 19.1. The molecule has 4 N–H and O–H groups in total. The van der Waals surface area contributed by atoms with Crippen molar-refractivity contribution in [2.45, 2.75) is 0 Å². The van der Waals surface area contributed by atoms with E-state index in [1.807, 2.05) is 0 Å². The highest BCUT2D eigenvalue weighted by Crippen LogP contribution is 2.17. The molecule has 102 valence electrons. The molecular formula is C11H12FN3O4. The average molecular weight is 269 g/mol. The minimum atomic E-state index is -1.31. The van der Waals surface area contributed by atoms with Crippen molar-refractivity contribution in [2.24, 2.45) is 5.73 Å². The molecule has 0 aromatic heterocycles. The molecule has 0 saturated heterocycles. The number of hydrogen-bond acceptors (Lipinski definition) is 3. The number of carbonyl (C=O) groups is 3. The molecule has 0 aliphatic heterocycles. The van der Waals surface area contributed by atoms with Gasteiger partial charge in [0.2, 0.25) is 5.91 Å². The van der Waals surface area contributed by atoms with E-state index in [1.165, 1.54) is 7.05 Å². The molecule has 0 radical (unpaired) electrons. The molecule has 0 bridgehead atoms. The second-order valence-electron chi connectivity index (χ2n) is 3.75. The van der Waals surface area contributed by atoms with E-state index in [9.17, 15) is 18.8 Å². The summed E-state index contributed by atoms with van der Waals surface area (Å²) in [5, 5.41) is 11.1. The number of benzene rings is 1. The van der Waals surface area contributed by atoms with Crippen LogP contribution in [-0.4, -0.2) is 41.5 Å². The zero-order valence-corrected chi connectivity index (χ0v) is 10.0. The quantitative estimate of drug-likeness (QED) is 0.737. The van der Waals surface area contributed by atoms with Gasteiger partial charge in [-0.25, -0.2) is 14.0 Å². The molecule has 0 unspecified atom stereocenters. The third kappa shape index (κ3) is 3.95. The maximum absolute atomic E-state index is 13.0. The number of halogens is 1. The minimum Gasteiger partial charge on any atom is -0.478 e. The molecule has 8 heteroatoms. The summed E-state index contributed by atoms with van der Waals surface area (Å²) in [6.45, 7) is -0.344. The third-order valence-electron chi connectivity index (χ3n) is 2.19. The number of amides is 3. The van der Waals surface area contributed by atoms with Gasteiger partial charge in [0.05, 0.1) is 11.3 Å². The molecule has 0 fully saturated rings. The Hall–Kier alpha value is -2.64. The molecule has 0 aliphatic rings. The number of rotatable bonds is 4. The normalized spacial score (nSPS) is 9.79. The van der Waals surface area contributed by atoms with Crippen molar-refractivity contribution in [3.05, 3.63) is 29.6 Å². The molecule has 0 spiro atoms. The van der Waals surface area contributed by atoms with E-state index in [4.69, 9.17) is 10.8 Å². The Morgan fingerprint density at radius 3 is 2.58 bits per heavy atom. The van der Waals surface area contributed by atoms with Crippen molar-refractivity contribution in [1.29, 1.82) is 0 Å². The first-order chi connectivity index (χ1) is 8.81. The molecule has 7 nitrogen and oxygen atoms in total. The van der Waals surface area contributed by atoms with E-state index in [0.717, 1.165) is 23.1 Å². The Kier molecular flexibility index (Phi) is 4.41. The van der Waals surface area contributed by atoms with Gasteiger partial charge in [-0.2, -0.15) is 0 Å². The smallest absolute Gasteiger partial charge is 0.337 e. The van der Waals surface area contributed by atoms with E-state index in [2.05, 4.69) is 5.32 Å². The maximum atomic E-state index is 13.0. The summed E-state index contributed by atoms with van der Waals surface area (Å²) in [7, 11) is 1.29. The van der Waals surface area contributed by atoms with Gasteiger partial charge in [0.15, 0.2) is 0 Å². The van der Waals surface area contributed by atoms with Crippen LogP contribution in [0.1, 0.15) is 10.4 Å². The number of aromatic carboxylic acids is 1. The number of carbonyl (C=O) groups excluding carboxylic acids is 2. The Morgan fingerprint density at radius 2 is 2.05 bits per heavy atom. The van der Waals surface area contributed by atoms with Crippen LogP contribution in [0.2, 0.25) is 0 Å². The number of nitrogens with two attached hydrogens (primary N) is 1. The number of urea groups is 1. The lowest BCUT2D eigenvalue weighted by Crippen LogP contribution is -2.38. The van der Waals surface area contributed by atoms with Crippen LogP contribution in [0, 0.1) is 5.82 Å². The zero-order chi connectivity index (χ0) is 14.6. The second kappa shape index (κ2) is 5.80. The highest BCUT2D eigenvalue weighted by Gasteiger charge is 2.16. The highest BCUT2D eigenvalue weighted by molar-refractivity contribution is 6.00. The van der Waals surface area contributed by atoms with Gasteiger partial charge in [-0.05, 0) is 18.2 Å². The standard InChI is InChI=1S/C11H12FN3O4/c1-15(5-9(13)16)11(19)14-8-4-6(12)2-3-7(8)10(17)18/h2-4H,5H2,1H3,(H2,13,16)(H,14,19)(H,17,18). The van der Waals surface area contributed by atoms with Crippen LogP contribution in [0.4, 0.5) is 14.9 Å². The number of carboxylic acids is 1. The Morgan fingerprint density at radius 1 is 1.42 bits per heavy atom. The maximum Gasteiger partial charge on any atom is 0.337 e. The van der Waals surface area contributed by atoms with E-state index < -0.39 is 23.7 Å². The van der Waals surface area contributed by atoms with E-state index in [-0.39, 0.29) is 17.8 Å². The molecule has 1 aromatic rings. The number of likely N-dealkylation sites (N-methyl/N-ethyl adjacent to an activating group) is 1. The Bertz CT molecular complexity index is 533. The minimum absolute atomic E-state index is 0.200. The molecule has 1 rings (SSSR count). The first-order valence-corrected chi connectivity index (χ1v) is 5.14. The number of primary amides is 1. The van der Waals surface area contributed by atoms with Crippen LogP contribution in [-0.2, 0) is 4.79 Å². The fourth-order valence-electron chi connectivity index (χ4n) is 1.32. The van der Waals surface area contributed by atoms with Gasteiger partial charge in [0.25, 0.3) is 0 Å². The Balaban J connectivity index is 2.92. The zero-order valence-electron chi connectivity index (χ0n) is 10.0. The summed E-state index contributed by atoms with van der Waals surface area (Å²) in [4.78, 5) is 34.1. The average Bonchev–Trinajstić information content (AvgIpc) is 2.27. The number of nitrogens with one attached hydrogen (secondary N) is 1. The fraction of sp³-hybridized carbons (Fsp3) is 0.182. The molecule has 0 saturated carbocycles. The number of hydrogen-bond donors (Lipinski definition) is 3. The number of nitrogens with zero attached hydrogens (tertiary/aromatic N) is 1. The van der Waals surface area contributed by atoms with Crippen molar-refractivity contribution >= 4 is 23.6 Å². The van der Waals surface area contributed by atoms with Gasteiger partial charge < -0.3 is 21.1 Å². The van der Waals surface area contributed by atoms with Crippen LogP contribution in [0.5, 0.6) is 0 Å². The van der Waals surface area contributed by atoms with Crippen LogP contribution in [0.3, 0.4) is 0 Å². The molecule has 0 heterocycles. The second-order valence-corrected chi connectivity index (χ2v) is 3.75. The summed E-state index contributed by atoms with van der Waals surface area (Å²) in [6.07, 6.45) is 0. The topological polar surface area (TPSA) is 113 Å².